The van der Waals surface area contributed by atoms with Crippen LogP contribution in [0.1, 0.15) is 20.8 Å². The number of carbonyl (C=O) groups excluding carboxylic acids is 1. The molecule has 0 saturated carbocycles. The van der Waals surface area contributed by atoms with Crippen LogP contribution in [0, 0.1) is 12.7 Å². The van der Waals surface area contributed by atoms with Crippen molar-refractivity contribution >= 4 is 38.8 Å². The number of aryl methyl sites for hydroxylation is 1. The van der Waals surface area contributed by atoms with Crippen LogP contribution >= 0.6 is 11.3 Å². The van der Waals surface area contributed by atoms with Crippen LogP contribution in [-0.2, 0) is 6.54 Å². The van der Waals surface area contributed by atoms with Gasteiger partial charge >= 0.3 is 0 Å². The van der Waals surface area contributed by atoms with Crippen LogP contribution in [0.5, 0.6) is 0 Å². The Labute approximate surface area is 145 Å². The van der Waals surface area contributed by atoms with Gasteiger partial charge in [-0.2, -0.15) is 9.61 Å². The van der Waals surface area contributed by atoms with E-state index in [4.69, 9.17) is 5.73 Å². The van der Waals surface area contributed by atoms with Crippen LogP contribution in [0.15, 0.2) is 30.6 Å². The first-order valence-electron chi connectivity index (χ1n) is 7.46. The molecule has 0 fully saturated rings. The molecule has 0 unspecified atom stereocenters. The summed E-state index contributed by atoms with van der Waals surface area (Å²) in [5, 5.41) is 15.7. The maximum atomic E-state index is 13.2. The summed E-state index contributed by atoms with van der Waals surface area (Å²) in [5.41, 5.74) is 8.65. The zero-order valence-electron chi connectivity index (χ0n) is 13.2. The Balaban J connectivity index is 1.67. The Morgan fingerprint density at radius 3 is 3.08 bits per heavy atom. The number of anilines is 1. The number of aromatic nitrogens is 4. The zero-order chi connectivity index (χ0) is 17.6. The molecule has 0 spiro atoms. The molecule has 1 aromatic carbocycles. The summed E-state index contributed by atoms with van der Waals surface area (Å²) >= 11 is 1.20. The molecule has 0 aliphatic carbocycles. The first-order chi connectivity index (χ1) is 12.0. The van der Waals surface area contributed by atoms with Crippen LogP contribution in [-0.4, -0.2) is 25.7 Å². The van der Waals surface area contributed by atoms with Gasteiger partial charge < -0.3 is 11.1 Å². The van der Waals surface area contributed by atoms with Gasteiger partial charge in [0, 0.05) is 17.5 Å². The van der Waals surface area contributed by atoms with Gasteiger partial charge in [-0.15, -0.1) is 21.5 Å². The fourth-order valence-corrected chi connectivity index (χ4v) is 3.77. The number of benzene rings is 1. The van der Waals surface area contributed by atoms with Crippen molar-refractivity contribution in [2.45, 2.75) is 13.5 Å². The second-order valence-electron chi connectivity index (χ2n) is 5.56. The summed E-state index contributed by atoms with van der Waals surface area (Å²) < 4.78 is 14.8. The Bertz CT molecular complexity index is 1120. The highest BCUT2D eigenvalue weighted by atomic mass is 32.1. The average Bonchev–Trinajstić information content (AvgIpc) is 3.18. The molecule has 9 heteroatoms. The highest BCUT2D eigenvalue weighted by Gasteiger charge is 2.20. The number of nitrogens with zero attached hydrogens (tertiary/aromatic N) is 4. The number of nitrogens with two attached hydrogens (primary N) is 1. The van der Waals surface area contributed by atoms with Gasteiger partial charge in [-0.05, 0) is 24.6 Å². The monoisotopic (exact) mass is 356 g/mol. The molecule has 126 valence electrons. The van der Waals surface area contributed by atoms with Crippen LogP contribution in [0.2, 0.25) is 0 Å². The van der Waals surface area contributed by atoms with Crippen LogP contribution in [0.4, 0.5) is 10.1 Å². The van der Waals surface area contributed by atoms with Gasteiger partial charge in [0.05, 0.1) is 5.69 Å². The largest absolute Gasteiger partial charge is 0.397 e. The quantitative estimate of drug-likeness (QED) is 0.587. The third kappa shape index (κ3) is 2.58. The van der Waals surface area contributed by atoms with E-state index < -0.39 is 0 Å². The standard InChI is InChI=1S/C16H13FN6OS/c1-8-11-12(18)13(25-16(11)22-23-7-20-21-14(8)23)15(24)19-6-9-3-2-4-10(17)5-9/h2-5,7H,6,18H2,1H3,(H,19,24). The van der Waals surface area contributed by atoms with Gasteiger partial charge in [0.2, 0.25) is 0 Å². The second-order valence-corrected chi connectivity index (χ2v) is 6.56. The summed E-state index contributed by atoms with van der Waals surface area (Å²) in [6.45, 7) is 2.08. The number of halogens is 1. The number of carbonyl (C=O) groups is 1. The second kappa shape index (κ2) is 5.78. The van der Waals surface area contributed by atoms with Crippen molar-refractivity contribution in [1.82, 2.24) is 25.1 Å². The van der Waals surface area contributed by atoms with E-state index in [-0.39, 0.29) is 18.3 Å². The SMILES string of the molecule is Cc1c2c(N)c(C(=O)NCc3cccc(F)c3)sc2nn2cnnc12. The first kappa shape index (κ1) is 15.5. The van der Waals surface area contributed by atoms with E-state index in [1.54, 1.807) is 16.6 Å². The van der Waals surface area contributed by atoms with Crippen molar-refractivity contribution in [3.8, 4) is 0 Å². The highest BCUT2D eigenvalue weighted by Crippen LogP contribution is 2.35. The molecule has 0 saturated heterocycles. The summed E-state index contributed by atoms with van der Waals surface area (Å²) in [7, 11) is 0. The molecular formula is C16H13FN6OS. The van der Waals surface area contributed by atoms with E-state index in [0.717, 1.165) is 5.56 Å². The van der Waals surface area contributed by atoms with Gasteiger partial charge in [-0.25, -0.2) is 4.39 Å². The number of amides is 1. The van der Waals surface area contributed by atoms with Gasteiger partial charge in [-0.3, -0.25) is 4.79 Å². The Morgan fingerprint density at radius 1 is 1.44 bits per heavy atom. The smallest absolute Gasteiger partial charge is 0.263 e. The third-order valence-corrected chi connectivity index (χ3v) is 5.00. The summed E-state index contributed by atoms with van der Waals surface area (Å²) in [4.78, 5) is 13.5. The van der Waals surface area contributed by atoms with Crippen molar-refractivity contribution in [2.24, 2.45) is 0 Å². The minimum absolute atomic E-state index is 0.212. The number of hydrogen-bond acceptors (Lipinski definition) is 6. The molecule has 0 radical (unpaired) electrons. The molecule has 3 N–H and O–H groups in total. The molecule has 0 bridgehead atoms. The van der Waals surface area contributed by atoms with Crippen LogP contribution < -0.4 is 11.1 Å². The lowest BCUT2D eigenvalue weighted by molar-refractivity contribution is 0.0956. The Hall–Kier alpha value is -3.07. The van der Waals surface area contributed by atoms with Gasteiger partial charge in [0.15, 0.2) is 5.65 Å². The molecule has 25 heavy (non-hydrogen) atoms. The molecule has 0 atom stereocenters. The van der Waals surface area contributed by atoms with E-state index in [2.05, 4.69) is 20.6 Å². The van der Waals surface area contributed by atoms with Gasteiger partial charge in [0.1, 0.15) is 21.9 Å². The number of hydrogen-bond donors (Lipinski definition) is 2. The zero-order valence-corrected chi connectivity index (χ0v) is 14.0. The fraction of sp³-hybridized carbons (Fsp3) is 0.125. The van der Waals surface area contributed by atoms with Crippen molar-refractivity contribution in [2.75, 3.05) is 5.73 Å². The molecular weight excluding hydrogens is 343 g/mol. The number of nitrogen functional groups attached to an aromatic ring is 1. The molecule has 0 aliphatic heterocycles. The minimum atomic E-state index is -0.343. The molecule has 4 aromatic rings. The van der Waals surface area contributed by atoms with Crippen molar-refractivity contribution in [1.29, 1.82) is 0 Å². The Kier molecular flexibility index (Phi) is 3.57. The van der Waals surface area contributed by atoms with Gasteiger partial charge in [0.25, 0.3) is 5.91 Å². The van der Waals surface area contributed by atoms with E-state index in [9.17, 15) is 9.18 Å². The van der Waals surface area contributed by atoms with E-state index in [1.807, 2.05) is 6.92 Å². The van der Waals surface area contributed by atoms with E-state index in [1.165, 1.54) is 29.8 Å². The lowest BCUT2D eigenvalue weighted by Crippen LogP contribution is -2.22. The summed E-state index contributed by atoms with van der Waals surface area (Å²) in [6, 6.07) is 6.07. The lowest BCUT2D eigenvalue weighted by Gasteiger charge is -2.05. The molecule has 1 amide bonds. The maximum Gasteiger partial charge on any atom is 0.263 e. The average molecular weight is 356 g/mol. The maximum absolute atomic E-state index is 13.2. The van der Waals surface area contributed by atoms with Crippen molar-refractivity contribution in [3.63, 3.8) is 0 Å². The molecule has 3 heterocycles. The number of nitrogens with one attached hydrogen (secondary N) is 1. The predicted molar refractivity (Wildman–Crippen MR) is 92.9 cm³/mol. The van der Waals surface area contributed by atoms with E-state index in [0.29, 0.717) is 32.0 Å². The predicted octanol–water partition coefficient (Wildman–Crippen LogP) is 2.30. The normalized spacial score (nSPS) is 11.3. The topological polar surface area (TPSA) is 98.2 Å². The number of thiophene rings is 1. The third-order valence-electron chi connectivity index (χ3n) is 3.91. The molecule has 4 rings (SSSR count). The molecule has 3 aromatic heterocycles. The van der Waals surface area contributed by atoms with Crippen LogP contribution in [0.25, 0.3) is 15.9 Å². The van der Waals surface area contributed by atoms with E-state index >= 15 is 0 Å². The Morgan fingerprint density at radius 2 is 2.28 bits per heavy atom. The van der Waals surface area contributed by atoms with Crippen molar-refractivity contribution < 1.29 is 9.18 Å². The number of fused-ring (bicyclic) bond motifs is 2. The summed E-state index contributed by atoms with van der Waals surface area (Å²) in [5.74, 6) is -0.662. The lowest BCUT2D eigenvalue weighted by atomic mass is 10.2. The molecule has 7 nitrogen and oxygen atoms in total. The molecule has 0 aliphatic rings. The first-order valence-corrected chi connectivity index (χ1v) is 8.27. The fourth-order valence-electron chi connectivity index (χ4n) is 2.70. The van der Waals surface area contributed by atoms with Gasteiger partial charge in [-0.1, -0.05) is 12.1 Å². The van der Waals surface area contributed by atoms with Crippen molar-refractivity contribution in [3.05, 3.63) is 52.4 Å². The summed E-state index contributed by atoms with van der Waals surface area (Å²) in [6.07, 6.45) is 1.50. The number of rotatable bonds is 3. The van der Waals surface area contributed by atoms with Crippen LogP contribution in [0.3, 0.4) is 0 Å². The highest BCUT2D eigenvalue weighted by molar-refractivity contribution is 7.21. The minimum Gasteiger partial charge on any atom is -0.397 e.